The topological polar surface area (TPSA) is 115 Å². The van der Waals surface area contributed by atoms with Gasteiger partial charge in [-0.1, -0.05) is 0 Å². The zero-order valence-corrected chi connectivity index (χ0v) is 7.95. The number of rotatable bonds is 2. The molecule has 82 valence electrons. The molecule has 0 spiro atoms. The molecule has 1 aromatic carbocycles. The lowest BCUT2D eigenvalue weighted by Gasteiger charge is -1.98. The highest BCUT2D eigenvalue weighted by Gasteiger charge is 2.14. The molecular weight excluding hydrogens is 214 g/mol. The molecular formula is C9H7N3O4. The van der Waals surface area contributed by atoms with Crippen molar-refractivity contribution in [1.29, 1.82) is 0 Å². The van der Waals surface area contributed by atoms with Crippen molar-refractivity contribution in [3.63, 3.8) is 0 Å². The highest BCUT2D eigenvalue weighted by Crippen LogP contribution is 2.31. The molecule has 0 saturated heterocycles. The average molecular weight is 221 g/mol. The first-order chi connectivity index (χ1) is 7.58. The molecule has 0 aliphatic carbocycles. The van der Waals surface area contributed by atoms with Gasteiger partial charge < -0.3 is 15.3 Å². The van der Waals surface area contributed by atoms with Gasteiger partial charge in [-0.3, -0.25) is 10.1 Å². The lowest BCUT2D eigenvalue weighted by atomic mass is 10.1. The molecule has 0 amide bonds. The van der Waals surface area contributed by atoms with E-state index >= 15 is 0 Å². The van der Waals surface area contributed by atoms with E-state index in [0.717, 1.165) is 0 Å². The summed E-state index contributed by atoms with van der Waals surface area (Å²) >= 11 is 0. The van der Waals surface area contributed by atoms with Crippen molar-refractivity contribution >= 4 is 11.7 Å². The molecule has 16 heavy (non-hydrogen) atoms. The summed E-state index contributed by atoms with van der Waals surface area (Å²) in [7, 11) is 0. The molecule has 1 aromatic heterocycles. The molecule has 2 aromatic rings. The van der Waals surface area contributed by atoms with Gasteiger partial charge in [0.05, 0.1) is 11.1 Å². The number of oxazole rings is 1. The molecule has 0 aliphatic heterocycles. The minimum absolute atomic E-state index is 0.00663. The second-order valence-corrected chi connectivity index (χ2v) is 3.02. The Morgan fingerprint density at radius 3 is 2.75 bits per heavy atom. The molecule has 7 heteroatoms. The summed E-state index contributed by atoms with van der Waals surface area (Å²) in [6.07, 6.45) is 1.37. The number of aromatic hydroxyl groups is 1. The van der Waals surface area contributed by atoms with Crippen molar-refractivity contribution in [1.82, 2.24) is 4.98 Å². The summed E-state index contributed by atoms with van der Waals surface area (Å²) in [5.41, 5.74) is 5.38. The fraction of sp³-hybridized carbons (Fsp3) is 0. The first kappa shape index (κ1) is 9.97. The van der Waals surface area contributed by atoms with Crippen LogP contribution >= 0.6 is 0 Å². The zero-order valence-electron chi connectivity index (χ0n) is 7.95. The SMILES string of the molecule is Nc1ncc(-c2ccc([N+](=O)[O-])c(O)c2)o1. The monoisotopic (exact) mass is 221 g/mol. The highest BCUT2D eigenvalue weighted by atomic mass is 16.6. The number of nitrogens with two attached hydrogens (primary N) is 1. The van der Waals surface area contributed by atoms with Crippen LogP contribution in [0.25, 0.3) is 11.3 Å². The second-order valence-electron chi connectivity index (χ2n) is 3.02. The van der Waals surface area contributed by atoms with Gasteiger partial charge in [0.2, 0.25) is 0 Å². The molecule has 2 rings (SSSR count). The Hall–Kier alpha value is -2.57. The van der Waals surface area contributed by atoms with Crippen LogP contribution in [0.4, 0.5) is 11.7 Å². The maximum absolute atomic E-state index is 10.5. The Morgan fingerprint density at radius 2 is 2.25 bits per heavy atom. The number of hydrogen-bond donors (Lipinski definition) is 2. The number of phenols is 1. The number of nitrogens with zero attached hydrogens (tertiary/aromatic N) is 2. The summed E-state index contributed by atoms with van der Waals surface area (Å²) in [5, 5.41) is 19.9. The third kappa shape index (κ3) is 1.65. The molecule has 0 atom stereocenters. The van der Waals surface area contributed by atoms with E-state index in [0.29, 0.717) is 11.3 Å². The van der Waals surface area contributed by atoms with Crippen molar-refractivity contribution in [3.05, 3.63) is 34.5 Å². The molecule has 1 heterocycles. The molecule has 0 unspecified atom stereocenters. The molecule has 0 bridgehead atoms. The Labute approximate surface area is 89.3 Å². The van der Waals surface area contributed by atoms with Gasteiger partial charge in [0.1, 0.15) is 0 Å². The van der Waals surface area contributed by atoms with E-state index in [4.69, 9.17) is 10.2 Å². The van der Waals surface area contributed by atoms with Crippen LogP contribution in [0.2, 0.25) is 0 Å². The number of phenolic OH excluding ortho intramolecular Hbond substituents is 1. The van der Waals surface area contributed by atoms with Crippen LogP contribution in [-0.4, -0.2) is 15.0 Å². The quantitative estimate of drug-likeness (QED) is 0.586. The van der Waals surface area contributed by atoms with Gasteiger partial charge >= 0.3 is 5.69 Å². The van der Waals surface area contributed by atoms with E-state index < -0.39 is 10.7 Å². The predicted molar refractivity (Wildman–Crippen MR) is 54.7 cm³/mol. The number of nitro groups is 1. The number of hydrogen-bond acceptors (Lipinski definition) is 6. The lowest BCUT2D eigenvalue weighted by molar-refractivity contribution is -0.385. The minimum atomic E-state index is -0.673. The Bertz CT molecular complexity index is 549. The van der Waals surface area contributed by atoms with Crippen LogP contribution < -0.4 is 5.73 Å². The van der Waals surface area contributed by atoms with Crippen LogP contribution in [0.3, 0.4) is 0 Å². The summed E-state index contributed by atoms with van der Waals surface area (Å²) in [6, 6.07) is 3.84. The van der Waals surface area contributed by atoms with Gasteiger partial charge in [-0.05, 0) is 12.1 Å². The molecule has 3 N–H and O–H groups in total. The predicted octanol–water partition coefficient (Wildman–Crippen LogP) is 1.54. The van der Waals surface area contributed by atoms with E-state index in [1.165, 1.54) is 24.4 Å². The first-order valence-corrected chi connectivity index (χ1v) is 4.27. The fourth-order valence-corrected chi connectivity index (χ4v) is 1.25. The van der Waals surface area contributed by atoms with E-state index in [-0.39, 0.29) is 11.7 Å². The number of nitro benzene ring substituents is 1. The standard InChI is InChI=1S/C9H7N3O4/c10-9-11-4-8(16-9)5-1-2-6(12(14)15)7(13)3-5/h1-4,13H,(H2,10,11). The lowest BCUT2D eigenvalue weighted by Crippen LogP contribution is -1.88. The normalized spacial score (nSPS) is 10.2. The van der Waals surface area contributed by atoms with Crippen molar-refractivity contribution < 1.29 is 14.4 Å². The Morgan fingerprint density at radius 1 is 1.50 bits per heavy atom. The highest BCUT2D eigenvalue weighted by molar-refractivity contribution is 5.63. The van der Waals surface area contributed by atoms with Crippen LogP contribution in [0, 0.1) is 10.1 Å². The molecule has 0 saturated carbocycles. The largest absolute Gasteiger partial charge is 0.502 e. The minimum Gasteiger partial charge on any atom is -0.502 e. The maximum Gasteiger partial charge on any atom is 0.310 e. The Balaban J connectivity index is 2.45. The third-order valence-corrected chi connectivity index (χ3v) is 1.98. The second kappa shape index (κ2) is 3.54. The third-order valence-electron chi connectivity index (χ3n) is 1.98. The summed E-state index contributed by atoms with van der Waals surface area (Å²) in [5.74, 6) is -0.0971. The maximum atomic E-state index is 10.5. The summed E-state index contributed by atoms with van der Waals surface area (Å²) in [6.45, 7) is 0. The van der Waals surface area contributed by atoms with Crippen molar-refractivity contribution in [2.24, 2.45) is 0 Å². The molecule has 7 nitrogen and oxygen atoms in total. The zero-order chi connectivity index (χ0) is 11.7. The van der Waals surface area contributed by atoms with Gasteiger partial charge in [0.25, 0.3) is 6.01 Å². The fourth-order valence-electron chi connectivity index (χ4n) is 1.25. The Kier molecular flexibility index (Phi) is 2.20. The van der Waals surface area contributed by atoms with Crippen LogP contribution in [0.1, 0.15) is 0 Å². The summed E-state index contributed by atoms with van der Waals surface area (Å²) in [4.78, 5) is 13.5. The van der Waals surface area contributed by atoms with Gasteiger partial charge in [0.15, 0.2) is 11.5 Å². The first-order valence-electron chi connectivity index (χ1n) is 4.27. The molecule has 0 aliphatic rings. The van der Waals surface area contributed by atoms with Gasteiger partial charge in [0, 0.05) is 11.6 Å². The average Bonchev–Trinajstić information content (AvgIpc) is 2.64. The number of nitrogen functional groups attached to an aromatic ring is 1. The van der Waals surface area contributed by atoms with Crippen LogP contribution in [0.5, 0.6) is 5.75 Å². The van der Waals surface area contributed by atoms with Crippen LogP contribution in [0.15, 0.2) is 28.8 Å². The van der Waals surface area contributed by atoms with E-state index in [9.17, 15) is 15.2 Å². The number of anilines is 1. The van der Waals surface area contributed by atoms with Gasteiger partial charge in [-0.2, -0.15) is 0 Å². The smallest absolute Gasteiger partial charge is 0.310 e. The summed E-state index contributed by atoms with van der Waals surface area (Å²) < 4.78 is 5.01. The van der Waals surface area contributed by atoms with Crippen molar-refractivity contribution in [2.75, 3.05) is 5.73 Å². The molecule has 0 radical (unpaired) electrons. The van der Waals surface area contributed by atoms with Crippen molar-refractivity contribution in [3.8, 4) is 17.1 Å². The van der Waals surface area contributed by atoms with Crippen molar-refractivity contribution in [2.45, 2.75) is 0 Å². The van der Waals surface area contributed by atoms with E-state index in [1.807, 2.05) is 0 Å². The van der Waals surface area contributed by atoms with Gasteiger partial charge in [-0.15, -0.1) is 0 Å². The molecule has 0 fully saturated rings. The van der Waals surface area contributed by atoms with E-state index in [2.05, 4.69) is 4.98 Å². The number of benzene rings is 1. The number of aromatic nitrogens is 1. The van der Waals surface area contributed by atoms with Gasteiger partial charge in [-0.25, -0.2) is 4.98 Å². The van der Waals surface area contributed by atoms with E-state index in [1.54, 1.807) is 0 Å². The van der Waals surface area contributed by atoms with Crippen LogP contribution in [-0.2, 0) is 0 Å².